The molecule has 2 aliphatic rings. The van der Waals surface area contributed by atoms with Gasteiger partial charge < -0.3 is 10.3 Å². The maximum absolute atomic E-state index is 14.6. The molecule has 3 aromatic rings. The third kappa shape index (κ3) is 2.57. The number of benzene rings is 1. The summed E-state index contributed by atoms with van der Waals surface area (Å²) in [6.45, 7) is 2.43. The van der Waals surface area contributed by atoms with E-state index >= 15 is 0 Å². The lowest BCUT2D eigenvalue weighted by Gasteiger charge is -2.32. The first-order valence-electron chi connectivity index (χ1n) is 9.67. The van der Waals surface area contributed by atoms with E-state index in [0.717, 1.165) is 30.3 Å². The second-order valence-corrected chi connectivity index (χ2v) is 8.07. The molecule has 0 radical (unpaired) electrons. The minimum Gasteiger partial charge on any atom is -0.355 e. The molecular formula is C21H21FN4O2. The summed E-state index contributed by atoms with van der Waals surface area (Å²) in [6.07, 6.45) is 3.59. The molecule has 0 unspecified atom stereocenters. The molecule has 5 rings (SSSR count). The van der Waals surface area contributed by atoms with Crippen LogP contribution in [0.1, 0.15) is 49.8 Å². The molecule has 2 fully saturated rings. The number of aromatic amines is 2. The van der Waals surface area contributed by atoms with Crippen molar-refractivity contribution in [2.75, 3.05) is 6.54 Å². The van der Waals surface area contributed by atoms with Gasteiger partial charge in [0.15, 0.2) is 0 Å². The molecule has 1 aromatic carbocycles. The molecular weight excluding hydrogens is 359 g/mol. The van der Waals surface area contributed by atoms with E-state index in [9.17, 15) is 14.0 Å². The van der Waals surface area contributed by atoms with Crippen molar-refractivity contribution in [3.63, 3.8) is 0 Å². The summed E-state index contributed by atoms with van der Waals surface area (Å²) in [6, 6.07) is 6.71. The number of fused-ring (bicyclic) bond motifs is 1. The van der Waals surface area contributed by atoms with E-state index in [1.165, 1.54) is 6.07 Å². The number of pyridine rings is 1. The summed E-state index contributed by atoms with van der Waals surface area (Å²) in [7, 11) is 0. The maximum atomic E-state index is 14.6. The average molecular weight is 380 g/mol. The van der Waals surface area contributed by atoms with E-state index in [2.05, 4.69) is 20.5 Å². The zero-order valence-electron chi connectivity index (χ0n) is 15.6. The number of hydrogen-bond acceptors (Lipinski definition) is 3. The molecule has 1 aliphatic heterocycles. The standard InChI is InChI=1S/C21H21FN4O2/c1-21(7-2-8-23-20(21)28)14-5-6-16(24-19(14)27)12-9-13-17(11-3-4-11)25-26-18(13)15(22)10-12/h5-6,9-11H,2-4,7-8H2,1H3,(H,23,28)(H,24,27)(H,25,26)/t21-/m1/s1. The highest BCUT2D eigenvalue weighted by Crippen LogP contribution is 2.43. The maximum Gasteiger partial charge on any atom is 0.252 e. The van der Waals surface area contributed by atoms with Crippen molar-refractivity contribution in [2.24, 2.45) is 0 Å². The molecule has 3 N–H and O–H groups in total. The fraction of sp³-hybridized carbons (Fsp3) is 0.381. The number of nitrogens with one attached hydrogen (secondary N) is 3. The van der Waals surface area contributed by atoms with Crippen molar-refractivity contribution >= 4 is 16.8 Å². The SMILES string of the molecule is C[C@]1(c2ccc(-c3cc(F)c4[nH]nc(C5CC5)c4c3)[nH]c2=O)CCCNC1=O. The minimum atomic E-state index is -0.844. The van der Waals surface area contributed by atoms with Crippen LogP contribution in [-0.4, -0.2) is 27.6 Å². The van der Waals surface area contributed by atoms with Crippen LogP contribution in [0, 0.1) is 5.82 Å². The Morgan fingerprint density at radius 1 is 1.21 bits per heavy atom. The van der Waals surface area contributed by atoms with E-state index in [-0.39, 0.29) is 11.5 Å². The van der Waals surface area contributed by atoms with Gasteiger partial charge in [-0.05, 0) is 50.8 Å². The van der Waals surface area contributed by atoms with Gasteiger partial charge in [-0.15, -0.1) is 0 Å². The number of hydrogen-bond donors (Lipinski definition) is 3. The molecule has 1 aliphatic carbocycles. The molecule has 1 saturated carbocycles. The lowest BCUT2D eigenvalue weighted by atomic mass is 9.76. The number of aromatic nitrogens is 3. The lowest BCUT2D eigenvalue weighted by Crippen LogP contribution is -2.49. The Morgan fingerprint density at radius 2 is 2.04 bits per heavy atom. The lowest BCUT2D eigenvalue weighted by molar-refractivity contribution is -0.128. The number of piperidine rings is 1. The Balaban J connectivity index is 1.59. The molecule has 2 aromatic heterocycles. The van der Waals surface area contributed by atoms with Gasteiger partial charge in [0.25, 0.3) is 5.56 Å². The monoisotopic (exact) mass is 380 g/mol. The van der Waals surface area contributed by atoms with Crippen molar-refractivity contribution < 1.29 is 9.18 Å². The predicted molar refractivity (Wildman–Crippen MR) is 104 cm³/mol. The fourth-order valence-electron chi connectivity index (χ4n) is 4.21. The Morgan fingerprint density at radius 3 is 2.75 bits per heavy atom. The summed E-state index contributed by atoms with van der Waals surface area (Å²) in [5.41, 5.74) is 1.69. The molecule has 6 nitrogen and oxygen atoms in total. The topological polar surface area (TPSA) is 90.6 Å². The molecule has 1 atom stereocenters. The summed E-state index contributed by atoms with van der Waals surface area (Å²) < 4.78 is 14.6. The zero-order valence-corrected chi connectivity index (χ0v) is 15.6. The third-order valence-corrected chi connectivity index (χ3v) is 6.07. The van der Waals surface area contributed by atoms with Crippen LogP contribution in [0.25, 0.3) is 22.2 Å². The molecule has 0 bridgehead atoms. The van der Waals surface area contributed by atoms with Crippen LogP contribution < -0.4 is 10.9 Å². The smallest absolute Gasteiger partial charge is 0.252 e. The van der Waals surface area contributed by atoms with Gasteiger partial charge in [-0.3, -0.25) is 14.7 Å². The van der Waals surface area contributed by atoms with Gasteiger partial charge >= 0.3 is 0 Å². The highest BCUT2D eigenvalue weighted by molar-refractivity contribution is 5.89. The van der Waals surface area contributed by atoms with Gasteiger partial charge in [0.1, 0.15) is 11.3 Å². The quantitative estimate of drug-likeness (QED) is 0.652. The van der Waals surface area contributed by atoms with Crippen LogP contribution in [0.15, 0.2) is 29.1 Å². The van der Waals surface area contributed by atoms with Crippen LogP contribution in [0.5, 0.6) is 0 Å². The Hall–Kier alpha value is -2.96. The molecule has 7 heteroatoms. The van der Waals surface area contributed by atoms with Crippen LogP contribution in [0.3, 0.4) is 0 Å². The largest absolute Gasteiger partial charge is 0.355 e. The minimum absolute atomic E-state index is 0.128. The Labute approximate surface area is 160 Å². The number of nitrogens with zero attached hydrogens (tertiary/aromatic N) is 1. The third-order valence-electron chi connectivity index (χ3n) is 6.07. The van der Waals surface area contributed by atoms with Gasteiger partial charge in [0.05, 0.1) is 11.1 Å². The van der Waals surface area contributed by atoms with Gasteiger partial charge in [-0.1, -0.05) is 6.07 Å². The number of amides is 1. The van der Waals surface area contributed by atoms with Gasteiger partial charge in [0.2, 0.25) is 5.91 Å². The van der Waals surface area contributed by atoms with Crippen LogP contribution >= 0.6 is 0 Å². The first-order chi connectivity index (χ1) is 13.5. The van der Waals surface area contributed by atoms with Crippen molar-refractivity contribution in [2.45, 2.75) is 43.9 Å². The number of carbonyl (C=O) groups excluding carboxylic acids is 1. The first-order valence-corrected chi connectivity index (χ1v) is 9.67. The summed E-state index contributed by atoms with van der Waals surface area (Å²) in [5.74, 6) is -0.137. The van der Waals surface area contributed by atoms with Crippen molar-refractivity contribution in [1.82, 2.24) is 20.5 Å². The molecule has 0 spiro atoms. The molecule has 144 valence electrons. The van der Waals surface area contributed by atoms with E-state index in [4.69, 9.17) is 0 Å². The Bertz CT molecular complexity index is 1160. The second-order valence-electron chi connectivity index (χ2n) is 8.07. The normalized spacial score (nSPS) is 22.4. The van der Waals surface area contributed by atoms with Gasteiger partial charge in [0, 0.05) is 34.7 Å². The predicted octanol–water partition coefficient (Wildman–Crippen LogP) is 3.10. The summed E-state index contributed by atoms with van der Waals surface area (Å²) in [5, 5.41) is 10.7. The van der Waals surface area contributed by atoms with Crippen molar-refractivity contribution in [3.05, 3.63) is 51.7 Å². The van der Waals surface area contributed by atoms with Crippen molar-refractivity contribution in [3.8, 4) is 11.3 Å². The zero-order chi connectivity index (χ0) is 19.5. The Kier molecular flexibility index (Phi) is 3.69. The van der Waals surface area contributed by atoms with Crippen LogP contribution in [0.2, 0.25) is 0 Å². The van der Waals surface area contributed by atoms with Crippen molar-refractivity contribution in [1.29, 1.82) is 0 Å². The number of rotatable bonds is 3. The summed E-state index contributed by atoms with van der Waals surface area (Å²) >= 11 is 0. The number of carbonyl (C=O) groups is 1. The average Bonchev–Trinajstić information content (AvgIpc) is 3.43. The fourth-order valence-corrected chi connectivity index (χ4v) is 4.21. The van der Waals surface area contributed by atoms with Crippen LogP contribution in [0.4, 0.5) is 4.39 Å². The first kappa shape index (κ1) is 17.2. The van der Waals surface area contributed by atoms with Gasteiger partial charge in [-0.25, -0.2) is 4.39 Å². The number of H-pyrrole nitrogens is 2. The second kappa shape index (κ2) is 6.02. The highest BCUT2D eigenvalue weighted by atomic mass is 19.1. The van der Waals surface area contributed by atoms with E-state index < -0.39 is 11.2 Å². The molecule has 1 saturated heterocycles. The van der Waals surface area contributed by atoms with Gasteiger partial charge in [-0.2, -0.15) is 5.10 Å². The van der Waals surface area contributed by atoms with E-state index in [1.807, 2.05) is 6.07 Å². The number of halogens is 1. The van der Waals surface area contributed by atoms with Crippen LogP contribution in [-0.2, 0) is 10.2 Å². The molecule has 3 heterocycles. The molecule has 1 amide bonds. The summed E-state index contributed by atoms with van der Waals surface area (Å²) in [4.78, 5) is 28.0. The van der Waals surface area contributed by atoms with E-state index in [1.54, 1.807) is 19.1 Å². The highest BCUT2D eigenvalue weighted by Gasteiger charge is 2.39. The molecule has 28 heavy (non-hydrogen) atoms. The van der Waals surface area contributed by atoms with E-state index in [0.29, 0.717) is 41.2 Å².